The Bertz CT molecular complexity index is 1960. The summed E-state index contributed by atoms with van der Waals surface area (Å²) >= 11 is 0. The molecule has 0 atom stereocenters. The van der Waals surface area contributed by atoms with E-state index in [1.54, 1.807) is 6.08 Å². The van der Waals surface area contributed by atoms with Crippen molar-refractivity contribution in [2.45, 2.75) is 26.2 Å². The van der Waals surface area contributed by atoms with Gasteiger partial charge >= 0.3 is 0 Å². The summed E-state index contributed by atoms with van der Waals surface area (Å²) in [5.41, 5.74) is 10.7. The van der Waals surface area contributed by atoms with Crippen LogP contribution in [-0.4, -0.2) is 10.9 Å². The molecule has 7 rings (SSSR count). The topological polar surface area (TPSA) is 32.0 Å². The lowest BCUT2D eigenvalue weighted by Crippen LogP contribution is -2.16. The molecule has 0 unspecified atom stereocenters. The molecule has 1 heterocycles. The van der Waals surface area contributed by atoms with Crippen LogP contribution in [0.1, 0.15) is 31.9 Å². The van der Waals surface area contributed by atoms with Gasteiger partial charge in [-0.05, 0) is 71.6 Å². The van der Waals surface area contributed by atoms with E-state index in [0.29, 0.717) is 0 Å². The third-order valence-electron chi connectivity index (χ3n) is 8.25. The fourth-order valence-corrected chi connectivity index (χ4v) is 6.29. The third-order valence-corrected chi connectivity index (χ3v) is 8.25. The molecule has 0 bridgehead atoms. The number of allylic oxidation sites excluding steroid dienone is 3. The average molecular weight is 546 g/mol. The van der Waals surface area contributed by atoms with Crippen LogP contribution in [0, 0.1) is 5.41 Å². The highest BCUT2D eigenvalue weighted by atomic mass is 15.2. The Morgan fingerprint density at radius 3 is 2.14 bits per heavy atom. The lowest BCUT2D eigenvalue weighted by molar-refractivity contribution is 0.661. The molecule has 0 spiro atoms. The van der Waals surface area contributed by atoms with E-state index in [1.165, 1.54) is 44.9 Å². The average Bonchev–Trinajstić information content (AvgIpc) is 3.47. The molecule has 1 aromatic heterocycles. The highest BCUT2D eigenvalue weighted by Crippen LogP contribution is 2.51. The normalized spacial score (nSPS) is 12.9. The number of hydrogen-bond acceptors (Lipinski definition) is 1. The van der Waals surface area contributed by atoms with Gasteiger partial charge in [0.2, 0.25) is 0 Å². The SMILES string of the molecule is C=C/C=C\C.CC1(C)c2ccccc2-c2cc3c4ccccc4n(-c4ccccc4N(C=N)c4ccccc4)c3cc21. The number of hydrogen-bond donors (Lipinski definition) is 1. The van der Waals surface area contributed by atoms with Crippen molar-refractivity contribution in [2.24, 2.45) is 0 Å². The molecule has 0 radical (unpaired) electrons. The van der Waals surface area contributed by atoms with Crippen molar-refractivity contribution >= 4 is 39.5 Å². The summed E-state index contributed by atoms with van der Waals surface area (Å²) in [5, 5.41) is 10.8. The molecule has 1 aliphatic carbocycles. The number of para-hydroxylation sites is 4. The van der Waals surface area contributed by atoms with Crippen molar-refractivity contribution < 1.29 is 0 Å². The van der Waals surface area contributed by atoms with Gasteiger partial charge < -0.3 is 4.57 Å². The van der Waals surface area contributed by atoms with E-state index in [0.717, 1.165) is 22.6 Å². The molecule has 0 saturated heterocycles. The predicted molar refractivity (Wildman–Crippen MR) is 181 cm³/mol. The molecule has 3 heteroatoms. The van der Waals surface area contributed by atoms with Crippen LogP contribution in [0.25, 0.3) is 38.6 Å². The minimum absolute atomic E-state index is 0.0774. The van der Waals surface area contributed by atoms with Crippen LogP contribution in [0.5, 0.6) is 0 Å². The highest BCUT2D eigenvalue weighted by Gasteiger charge is 2.36. The summed E-state index contributed by atoms with van der Waals surface area (Å²) < 4.78 is 2.37. The Morgan fingerprint density at radius 1 is 0.714 bits per heavy atom. The first-order valence-corrected chi connectivity index (χ1v) is 14.4. The van der Waals surface area contributed by atoms with Crippen molar-refractivity contribution in [3.05, 3.63) is 151 Å². The fraction of sp³-hybridized carbons (Fsp3) is 0.103. The zero-order chi connectivity index (χ0) is 29.3. The fourth-order valence-electron chi connectivity index (χ4n) is 6.29. The highest BCUT2D eigenvalue weighted by molar-refractivity contribution is 6.12. The van der Waals surface area contributed by atoms with E-state index in [9.17, 15) is 0 Å². The number of nitrogens with one attached hydrogen (secondary N) is 1. The maximum absolute atomic E-state index is 8.30. The van der Waals surface area contributed by atoms with Crippen molar-refractivity contribution in [3.63, 3.8) is 0 Å². The summed E-state index contributed by atoms with van der Waals surface area (Å²) in [5.74, 6) is 0. The lowest BCUT2D eigenvalue weighted by Gasteiger charge is -2.24. The van der Waals surface area contributed by atoms with E-state index >= 15 is 0 Å². The van der Waals surface area contributed by atoms with Crippen LogP contribution in [0.4, 0.5) is 11.4 Å². The van der Waals surface area contributed by atoms with Gasteiger partial charge in [-0.3, -0.25) is 10.3 Å². The van der Waals surface area contributed by atoms with Gasteiger partial charge in [0.05, 0.1) is 28.7 Å². The van der Waals surface area contributed by atoms with Crippen LogP contribution in [-0.2, 0) is 5.41 Å². The van der Waals surface area contributed by atoms with E-state index in [4.69, 9.17) is 5.41 Å². The van der Waals surface area contributed by atoms with E-state index in [1.807, 2.05) is 60.4 Å². The summed E-state index contributed by atoms with van der Waals surface area (Å²) in [6.45, 7) is 10.1. The van der Waals surface area contributed by atoms with Gasteiger partial charge in [0.1, 0.15) is 0 Å². The first-order valence-electron chi connectivity index (χ1n) is 14.4. The number of rotatable bonds is 5. The molecule has 1 N–H and O–H groups in total. The summed E-state index contributed by atoms with van der Waals surface area (Å²) in [4.78, 5) is 1.95. The van der Waals surface area contributed by atoms with Crippen LogP contribution >= 0.6 is 0 Å². The maximum atomic E-state index is 8.30. The molecule has 0 fully saturated rings. The quantitative estimate of drug-likeness (QED) is 0.130. The minimum Gasteiger partial charge on any atom is -0.307 e. The molecule has 0 amide bonds. The van der Waals surface area contributed by atoms with Gasteiger partial charge in [-0.25, -0.2) is 0 Å². The molecular formula is C39H35N3. The van der Waals surface area contributed by atoms with Gasteiger partial charge in [0.25, 0.3) is 0 Å². The molecule has 0 saturated carbocycles. The Morgan fingerprint density at radius 2 is 1.40 bits per heavy atom. The number of aromatic nitrogens is 1. The first-order chi connectivity index (χ1) is 20.5. The summed E-state index contributed by atoms with van der Waals surface area (Å²) in [6.07, 6.45) is 6.98. The second-order valence-corrected chi connectivity index (χ2v) is 11.0. The van der Waals surface area contributed by atoms with Crippen molar-refractivity contribution in [3.8, 4) is 16.8 Å². The third kappa shape index (κ3) is 4.35. The van der Waals surface area contributed by atoms with Gasteiger partial charge in [-0.15, -0.1) is 0 Å². The number of fused-ring (bicyclic) bond motifs is 6. The second kappa shape index (κ2) is 11.0. The minimum atomic E-state index is -0.0774. The number of nitrogens with zero attached hydrogens (tertiary/aromatic N) is 2. The molecular weight excluding hydrogens is 510 g/mol. The van der Waals surface area contributed by atoms with Crippen LogP contribution in [0.3, 0.4) is 0 Å². The molecule has 3 nitrogen and oxygen atoms in total. The Labute approximate surface area is 248 Å². The smallest absolute Gasteiger partial charge is 0.0908 e. The molecule has 6 aromatic rings. The van der Waals surface area contributed by atoms with Crippen LogP contribution < -0.4 is 4.90 Å². The zero-order valence-electron chi connectivity index (χ0n) is 24.4. The number of benzene rings is 5. The van der Waals surface area contributed by atoms with E-state index in [2.05, 4.69) is 104 Å². The monoisotopic (exact) mass is 545 g/mol. The molecule has 42 heavy (non-hydrogen) atoms. The van der Waals surface area contributed by atoms with Crippen LogP contribution in [0.15, 0.2) is 140 Å². The van der Waals surface area contributed by atoms with Gasteiger partial charge in [-0.2, -0.15) is 0 Å². The predicted octanol–water partition coefficient (Wildman–Crippen LogP) is 10.6. The lowest BCUT2D eigenvalue weighted by atomic mass is 9.82. The Hall–Kier alpha value is -5.15. The molecule has 206 valence electrons. The Balaban J connectivity index is 0.000000585. The number of anilines is 2. The first kappa shape index (κ1) is 27.0. The van der Waals surface area contributed by atoms with E-state index in [-0.39, 0.29) is 5.41 Å². The van der Waals surface area contributed by atoms with Crippen molar-refractivity contribution in [1.82, 2.24) is 4.57 Å². The molecule has 1 aliphatic rings. The van der Waals surface area contributed by atoms with Gasteiger partial charge in [0, 0.05) is 21.9 Å². The second-order valence-electron chi connectivity index (χ2n) is 11.0. The standard InChI is InChI=1S/C34H27N3.C5H8/c1-34(2)28-16-8-6-14-24(28)26-20-27-25-15-7-9-17-30(25)37(33(27)21-29(26)34)32-19-11-10-18-31(32)36(22-35)23-12-4-3-5-13-23;1-3-5-4-2/h3-22,35H,1-2H3;3-5H,1H2,2H3/b;5-4-. The van der Waals surface area contributed by atoms with Gasteiger partial charge in [-0.1, -0.05) is 111 Å². The van der Waals surface area contributed by atoms with E-state index < -0.39 is 0 Å². The molecule has 0 aliphatic heterocycles. The summed E-state index contributed by atoms with van der Waals surface area (Å²) in [6, 6.07) is 40.8. The Kier molecular flexibility index (Phi) is 7.10. The van der Waals surface area contributed by atoms with Crippen molar-refractivity contribution in [2.75, 3.05) is 4.90 Å². The zero-order valence-corrected chi connectivity index (χ0v) is 24.4. The van der Waals surface area contributed by atoms with Crippen LogP contribution in [0.2, 0.25) is 0 Å². The largest absolute Gasteiger partial charge is 0.307 e. The summed E-state index contributed by atoms with van der Waals surface area (Å²) in [7, 11) is 0. The maximum Gasteiger partial charge on any atom is 0.0908 e. The molecule has 5 aromatic carbocycles. The van der Waals surface area contributed by atoms with Gasteiger partial charge in [0.15, 0.2) is 0 Å². The van der Waals surface area contributed by atoms with Crippen molar-refractivity contribution in [1.29, 1.82) is 5.41 Å².